The molecule has 0 saturated heterocycles. The van der Waals surface area contributed by atoms with Gasteiger partial charge in [0.05, 0.1) is 28.4 Å². The van der Waals surface area contributed by atoms with Crippen LogP contribution < -0.4 is 18.9 Å². The first-order valence-corrected chi connectivity index (χ1v) is 9.58. The van der Waals surface area contributed by atoms with E-state index < -0.39 is 5.92 Å². The number of hydrogen-bond acceptors (Lipinski definition) is 8. The van der Waals surface area contributed by atoms with E-state index in [4.69, 9.17) is 18.9 Å². The van der Waals surface area contributed by atoms with Crippen molar-refractivity contribution in [3.63, 3.8) is 0 Å². The largest absolute Gasteiger partial charge is 0.502 e. The van der Waals surface area contributed by atoms with Crippen molar-refractivity contribution in [3.05, 3.63) is 34.9 Å². The number of methoxy groups -OCH3 is 4. The van der Waals surface area contributed by atoms with Crippen molar-refractivity contribution in [1.29, 1.82) is 0 Å². The van der Waals surface area contributed by atoms with Crippen LogP contribution in [0, 0.1) is 11.8 Å². The third kappa shape index (κ3) is 3.46. The molecular formula is C22H28O8. The predicted molar refractivity (Wildman–Crippen MR) is 109 cm³/mol. The van der Waals surface area contributed by atoms with Crippen LogP contribution in [-0.2, 0) is 6.42 Å². The molecule has 8 nitrogen and oxygen atoms in total. The van der Waals surface area contributed by atoms with Gasteiger partial charge in [-0.15, -0.1) is 0 Å². The van der Waals surface area contributed by atoms with Gasteiger partial charge < -0.3 is 39.4 Å². The number of aliphatic hydroxyl groups is 2. The highest BCUT2D eigenvalue weighted by atomic mass is 16.5. The molecule has 0 radical (unpaired) electrons. The molecule has 3 atom stereocenters. The molecule has 2 aromatic carbocycles. The van der Waals surface area contributed by atoms with Crippen LogP contribution in [0.2, 0.25) is 0 Å². The van der Waals surface area contributed by atoms with Gasteiger partial charge in [-0.3, -0.25) is 0 Å². The molecule has 0 aromatic heterocycles. The molecule has 2 aromatic rings. The van der Waals surface area contributed by atoms with E-state index in [2.05, 4.69) is 0 Å². The van der Waals surface area contributed by atoms with Crippen molar-refractivity contribution in [3.8, 4) is 34.5 Å². The van der Waals surface area contributed by atoms with E-state index in [0.29, 0.717) is 17.5 Å². The summed E-state index contributed by atoms with van der Waals surface area (Å²) in [6.45, 7) is -0.324. The zero-order valence-electron chi connectivity index (χ0n) is 17.5. The van der Waals surface area contributed by atoms with Crippen LogP contribution in [0.1, 0.15) is 22.6 Å². The number of aliphatic hydroxyl groups excluding tert-OH is 2. The predicted octanol–water partition coefficient (Wildman–Crippen LogP) is 2.04. The van der Waals surface area contributed by atoms with E-state index in [-0.39, 0.29) is 59.5 Å². The van der Waals surface area contributed by atoms with E-state index in [1.807, 2.05) is 0 Å². The Balaban J connectivity index is 2.34. The molecule has 0 spiro atoms. The van der Waals surface area contributed by atoms with Gasteiger partial charge in [0.25, 0.3) is 0 Å². The highest BCUT2D eigenvalue weighted by Gasteiger charge is 2.41. The maximum atomic E-state index is 10.7. The molecule has 0 saturated carbocycles. The van der Waals surface area contributed by atoms with Gasteiger partial charge in [-0.2, -0.15) is 0 Å². The standard InChI is InChI=1S/C22H28O8/c1-27-15-7-12(8-16(28-2)20(15)25)18-14(10-24)13(9-23)5-11-6-17(29-3)21(26)22(30-4)19(11)18/h6-8,13-14,18,23-26H,5,9-10H2,1-4H3/t13-,14+,18-/m0/s1. The van der Waals surface area contributed by atoms with E-state index >= 15 is 0 Å². The Morgan fingerprint density at radius 3 is 1.83 bits per heavy atom. The number of rotatable bonds is 7. The summed E-state index contributed by atoms with van der Waals surface area (Å²) in [4.78, 5) is 0. The molecule has 0 aliphatic heterocycles. The van der Waals surface area contributed by atoms with Crippen molar-refractivity contribution in [2.24, 2.45) is 11.8 Å². The number of benzene rings is 2. The minimum absolute atomic E-state index is 0.126. The Bertz CT molecular complexity index is 885. The van der Waals surface area contributed by atoms with Crippen LogP contribution >= 0.6 is 0 Å². The van der Waals surface area contributed by atoms with Gasteiger partial charge >= 0.3 is 0 Å². The van der Waals surface area contributed by atoms with E-state index in [9.17, 15) is 20.4 Å². The molecule has 8 heteroatoms. The minimum atomic E-state index is -0.467. The molecule has 3 rings (SSSR count). The SMILES string of the molecule is COc1cc([C@@H]2c3c(cc(OC)c(O)c3OC)C[C@@H](CO)[C@H]2CO)cc(OC)c1O. The Morgan fingerprint density at radius 2 is 1.37 bits per heavy atom. The molecule has 1 aliphatic rings. The topological polar surface area (TPSA) is 118 Å². The Morgan fingerprint density at radius 1 is 0.800 bits per heavy atom. The first kappa shape index (κ1) is 21.9. The van der Waals surface area contributed by atoms with Crippen LogP contribution in [0.25, 0.3) is 0 Å². The summed E-state index contributed by atoms with van der Waals surface area (Å²) in [7, 11) is 5.78. The summed E-state index contributed by atoms with van der Waals surface area (Å²) in [5.74, 6) is -0.411. The van der Waals surface area contributed by atoms with Gasteiger partial charge in [0.1, 0.15) is 0 Å². The Hall–Kier alpha value is -2.84. The quantitative estimate of drug-likeness (QED) is 0.538. The van der Waals surface area contributed by atoms with Gasteiger partial charge in [-0.1, -0.05) is 0 Å². The number of phenols is 2. The summed E-state index contributed by atoms with van der Waals surface area (Å²) in [5.41, 5.74) is 2.21. The maximum absolute atomic E-state index is 10.7. The molecule has 4 N–H and O–H groups in total. The highest BCUT2D eigenvalue weighted by Crippen LogP contribution is 2.54. The lowest BCUT2D eigenvalue weighted by molar-refractivity contribution is 0.0999. The van der Waals surface area contributed by atoms with Gasteiger partial charge in [0.2, 0.25) is 11.5 Å². The highest BCUT2D eigenvalue weighted by molar-refractivity contribution is 5.64. The van der Waals surface area contributed by atoms with E-state index in [1.54, 1.807) is 18.2 Å². The summed E-state index contributed by atoms with van der Waals surface area (Å²) in [6.07, 6.45) is 0.479. The Labute approximate surface area is 175 Å². The molecule has 1 aliphatic carbocycles. The van der Waals surface area contributed by atoms with Crippen LogP contribution in [-0.4, -0.2) is 62.1 Å². The number of phenolic OH excluding ortho intramolecular Hbond substituents is 2. The lowest BCUT2D eigenvalue weighted by Crippen LogP contribution is -2.35. The summed E-state index contributed by atoms with van der Waals surface area (Å²) < 4.78 is 21.4. The van der Waals surface area contributed by atoms with Crippen molar-refractivity contribution in [2.45, 2.75) is 12.3 Å². The van der Waals surface area contributed by atoms with Crippen molar-refractivity contribution in [2.75, 3.05) is 41.7 Å². The monoisotopic (exact) mass is 420 g/mol. The van der Waals surface area contributed by atoms with Crippen LogP contribution in [0.15, 0.2) is 18.2 Å². The fourth-order valence-electron chi connectivity index (χ4n) is 4.44. The number of ether oxygens (including phenoxy) is 4. The number of aromatic hydroxyl groups is 2. The molecule has 30 heavy (non-hydrogen) atoms. The summed E-state index contributed by atoms with van der Waals surface area (Å²) >= 11 is 0. The second-order valence-electron chi connectivity index (χ2n) is 7.28. The Kier molecular flexibility index (Phi) is 6.48. The smallest absolute Gasteiger partial charge is 0.201 e. The second kappa shape index (κ2) is 8.89. The molecule has 0 heterocycles. The first-order chi connectivity index (χ1) is 14.4. The van der Waals surface area contributed by atoms with Crippen LogP contribution in [0.5, 0.6) is 34.5 Å². The maximum Gasteiger partial charge on any atom is 0.201 e. The normalized spacial score (nSPS) is 20.4. The van der Waals surface area contributed by atoms with E-state index in [1.165, 1.54) is 28.4 Å². The van der Waals surface area contributed by atoms with Crippen molar-refractivity contribution >= 4 is 0 Å². The van der Waals surface area contributed by atoms with Crippen molar-refractivity contribution in [1.82, 2.24) is 0 Å². The number of hydrogen-bond donors (Lipinski definition) is 4. The molecule has 164 valence electrons. The zero-order chi connectivity index (χ0) is 22.0. The van der Waals surface area contributed by atoms with Gasteiger partial charge in [0, 0.05) is 24.7 Å². The van der Waals surface area contributed by atoms with E-state index in [0.717, 1.165) is 5.56 Å². The first-order valence-electron chi connectivity index (χ1n) is 9.58. The fourth-order valence-corrected chi connectivity index (χ4v) is 4.44. The second-order valence-corrected chi connectivity index (χ2v) is 7.28. The van der Waals surface area contributed by atoms with Gasteiger partial charge in [-0.05, 0) is 47.6 Å². The third-order valence-electron chi connectivity index (χ3n) is 5.90. The lowest BCUT2D eigenvalue weighted by atomic mass is 9.66. The van der Waals surface area contributed by atoms with Gasteiger partial charge in [0.15, 0.2) is 23.0 Å². The summed E-state index contributed by atoms with van der Waals surface area (Å²) in [5, 5.41) is 41.3. The van der Waals surface area contributed by atoms with Crippen molar-refractivity contribution < 1.29 is 39.4 Å². The molecule has 0 fully saturated rings. The number of fused-ring (bicyclic) bond motifs is 1. The molecule has 0 amide bonds. The fraction of sp³-hybridized carbons (Fsp3) is 0.455. The summed E-state index contributed by atoms with van der Waals surface area (Å²) in [6, 6.07) is 5.05. The van der Waals surface area contributed by atoms with Crippen LogP contribution in [0.4, 0.5) is 0 Å². The average Bonchev–Trinajstić information content (AvgIpc) is 2.77. The third-order valence-corrected chi connectivity index (χ3v) is 5.90. The molecule has 0 bridgehead atoms. The minimum Gasteiger partial charge on any atom is -0.502 e. The average molecular weight is 420 g/mol. The van der Waals surface area contributed by atoms with Gasteiger partial charge in [-0.25, -0.2) is 0 Å². The lowest BCUT2D eigenvalue weighted by Gasteiger charge is -2.39. The molecule has 0 unspecified atom stereocenters. The molecular weight excluding hydrogens is 392 g/mol. The van der Waals surface area contributed by atoms with Crippen LogP contribution in [0.3, 0.4) is 0 Å². The zero-order valence-corrected chi connectivity index (χ0v) is 17.5.